The zero-order valence-electron chi connectivity index (χ0n) is 13.5. The Balaban J connectivity index is 2.45. The van der Waals surface area contributed by atoms with E-state index >= 15 is 0 Å². The summed E-state index contributed by atoms with van der Waals surface area (Å²) in [6.45, 7) is 2.26. The monoisotopic (exact) mass is 346 g/mol. The maximum Gasteiger partial charge on any atom is 0.429 e. The van der Waals surface area contributed by atoms with Gasteiger partial charge in [0.1, 0.15) is 0 Å². The summed E-state index contributed by atoms with van der Waals surface area (Å²) in [5.74, 6) is -1.46. The van der Waals surface area contributed by atoms with E-state index in [1.807, 2.05) is 6.92 Å². The number of halogens is 3. The van der Waals surface area contributed by atoms with Gasteiger partial charge in [0.2, 0.25) is 6.10 Å². The van der Waals surface area contributed by atoms with Gasteiger partial charge in [-0.2, -0.15) is 13.2 Å². The first-order chi connectivity index (χ1) is 11.3. The lowest BCUT2D eigenvalue weighted by molar-refractivity contribution is -0.224. The van der Waals surface area contributed by atoms with E-state index < -0.39 is 24.2 Å². The largest absolute Gasteiger partial charge is 0.466 e. The van der Waals surface area contributed by atoms with Gasteiger partial charge in [-0.05, 0) is 12.8 Å². The van der Waals surface area contributed by atoms with Crippen molar-refractivity contribution >= 4 is 11.9 Å². The van der Waals surface area contributed by atoms with Gasteiger partial charge in [-0.1, -0.05) is 43.7 Å². The summed E-state index contributed by atoms with van der Waals surface area (Å²) in [6, 6.07) is 6.94. The van der Waals surface area contributed by atoms with Crippen LogP contribution in [0.1, 0.15) is 50.7 Å². The number of carbonyl (C=O) groups excluding carboxylic acids is 2. The third-order valence-electron chi connectivity index (χ3n) is 3.17. The van der Waals surface area contributed by atoms with Crippen LogP contribution in [0, 0.1) is 0 Å². The molecule has 0 saturated heterocycles. The number of hydrogen-bond donors (Lipinski definition) is 0. The van der Waals surface area contributed by atoms with Crippen LogP contribution in [0.25, 0.3) is 0 Å². The maximum atomic E-state index is 13.0. The average Bonchev–Trinajstić information content (AvgIpc) is 2.52. The molecule has 0 aliphatic heterocycles. The first-order valence-electron chi connectivity index (χ1n) is 7.81. The summed E-state index contributed by atoms with van der Waals surface area (Å²) in [6.07, 6.45) is -5.58. The number of benzene rings is 1. The minimum absolute atomic E-state index is 0.0269. The molecule has 4 nitrogen and oxygen atoms in total. The molecule has 1 rings (SSSR count). The van der Waals surface area contributed by atoms with Crippen molar-refractivity contribution in [3.8, 4) is 0 Å². The molecule has 0 aliphatic rings. The molecule has 1 aromatic carbocycles. The Kier molecular flexibility index (Phi) is 8.29. The van der Waals surface area contributed by atoms with Gasteiger partial charge >= 0.3 is 18.1 Å². The van der Waals surface area contributed by atoms with Crippen LogP contribution in [0.15, 0.2) is 30.3 Å². The average molecular weight is 346 g/mol. The minimum atomic E-state index is -4.70. The molecular weight excluding hydrogens is 325 g/mol. The molecular formula is C17H21F3O4. The summed E-state index contributed by atoms with van der Waals surface area (Å²) in [7, 11) is 0. The third-order valence-corrected chi connectivity index (χ3v) is 3.17. The van der Waals surface area contributed by atoms with Gasteiger partial charge in [0, 0.05) is 18.4 Å². The second-order valence-electron chi connectivity index (χ2n) is 5.25. The van der Waals surface area contributed by atoms with Crippen LogP contribution in [-0.2, 0) is 19.1 Å². The Morgan fingerprint density at radius 2 is 1.67 bits per heavy atom. The molecule has 0 amide bonds. The number of carbonyl (C=O) groups is 2. The van der Waals surface area contributed by atoms with Crippen molar-refractivity contribution in [2.24, 2.45) is 0 Å². The number of hydrogen-bond acceptors (Lipinski definition) is 4. The van der Waals surface area contributed by atoms with Crippen molar-refractivity contribution in [3.05, 3.63) is 35.9 Å². The van der Waals surface area contributed by atoms with Crippen LogP contribution < -0.4 is 0 Å². The van der Waals surface area contributed by atoms with Gasteiger partial charge in [-0.25, -0.2) is 0 Å². The predicted octanol–water partition coefficient (Wildman–Crippen LogP) is 4.35. The van der Waals surface area contributed by atoms with Crippen LogP contribution in [-0.4, -0.2) is 24.7 Å². The van der Waals surface area contributed by atoms with Crippen LogP contribution in [0.2, 0.25) is 0 Å². The van der Waals surface area contributed by atoms with Crippen molar-refractivity contribution < 1.29 is 32.2 Å². The van der Waals surface area contributed by atoms with E-state index in [1.54, 1.807) is 6.07 Å². The number of rotatable bonds is 9. The van der Waals surface area contributed by atoms with E-state index in [-0.39, 0.29) is 24.8 Å². The zero-order valence-corrected chi connectivity index (χ0v) is 13.5. The van der Waals surface area contributed by atoms with Gasteiger partial charge in [0.15, 0.2) is 0 Å². The molecule has 0 spiro atoms. The maximum absolute atomic E-state index is 13.0. The summed E-state index contributed by atoms with van der Waals surface area (Å²) in [5.41, 5.74) is -0.141. The van der Waals surface area contributed by atoms with E-state index in [0.29, 0.717) is 6.61 Å². The molecule has 0 fully saturated rings. The van der Waals surface area contributed by atoms with Gasteiger partial charge in [0.05, 0.1) is 6.61 Å². The van der Waals surface area contributed by atoms with Crippen LogP contribution in [0.5, 0.6) is 0 Å². The molecule has 0 radical (unpaired) electrons. The Morgan fingerprint density at radius 1 is 1.04 bits per heavy atom. The molecule has 0 bridgehead atoms. The highest BCUT2D eigenvalue weighted by Gasteiger charge is 2.43. The summed E-state index contributed by atoms with van der Waals surface area (Å²) in [5, 5.41) is 0. The van der Waals surface area contributed by atoms with Crippen LogP contribution in [0.3, 0.4) is 0 Å². The molecule has 0 aliphatic carbocycles. The van der Waals surface area contributed by atoms with E-state index in [2.05, 4.69) is 4.74 Å². The zero-order chi connectivity index (χ0) is 18.0. The predicted molar refractivity (Wildman–Crippen MR) is 81.0 cm³/mol. The van der Waals surface area contributed by atoms with Crippen molar-refractivity contribution in [1.82, 2.24) is 0 Å². The van der Waals surface area contributed by atoms with E-state index in [1.165, 1.54) is 24.3 Å². The van der Waals surface area contributed by atoms with E-state index in [0.717, 1.165) is 12.8 Å². The highest BCUT2D eigenvalue weighted by Crippen LogP contribution is 2.36. The standard InChI is InChI=1S/C17H21F3O4/c1-2-3-12-23-14(21)10-7-11-15(22)24-16(17(18,19)20)13-8-5-4-6-9-13/h4-6,8-9,16H,2-3,7,10-12H2,1H3. The Hall–Kier alpha value is -2.05. The smallest absolute Gasteiger partial charge is 0.429 e. The van der Waals surface area contributed by atoms with E-state index in [9.17, 15) is 22.8 Å². The lowest BCUT2D eigenvalue weighted by Gasteiger charge is -2.21. The number of alkyl halides is 3. The summed E-state index contributed by atoms with van der Waals surface area (Å²) >= 11 is 0. The summed E-state index contributed by atoms with van der Waals surface area (Å²) in [4.78, 5) is 23.0. The fourth-order valence-electron chi connectivity index (χ4n) is 1.92. The first kappa shape index (κ1) is 20.0. The molecule has 24 heavy (non-hydrogen) atoms. The van der Waals surface area contributed by atoms with Gasteiger partial charge in [-0.3, -0.25) is 9.59 Å². The number of unbranched alkanes of at least 4 members (excludes halogenated alkanes) is 1. The second-order valence-corrected chi connectivity index (χ2v) is 5.25. The lowest BCUT2D eigenvalue weighted by atomic mass is 10.1. The fourth-order valence-corrected chi connectivity index (χ4v) is 1.92. The highest BCUT2D eigenvalue weighted by atomic mass is 19.4. The first-order valence-corrected chi connectivity index (χ1v) is 7.81. The number of esters is 2. The topological polar surface area (TPSA) is 52.6 Å². The van der Waals surface area contributed by atoms with Crippen LogP contribution in [0.4, 0.5) is 13.2 Å². The van der Waals surface area contributed by atoms with Crippen molar-refractivity contribution in [2.45, 2.75) is 51.3 Å². The van der Waals surface area contributed by atoms with Gasteiger partial charge in [-0.15, -0.1) is 0 Å². The quantitative estimate of drug-likeness (QED) is 0.493. The Morgan fingerprint density at radius 3 is 2.25 bits per heavy atom. The van der Waals surface area contributed by atoms with Gasteiger partial charge < -0.3 is 9.47 Å². The van der Waals surface area contributed by atoms with Crippen LogP contribution >= 0.6 is 0 Å². The molecule has 0 N–H and O–H groups in total. The highest BCUT2D eigenvalue weighted by molar-refractivity contribution is 5.72. The van der Waals surface area contributed by atoms with E-state index in [4.69, 9.17) is 4.74 Å². The van der Waals surface area contributed by atoms with Gasteiger partial charge in [0.25, 0.3) is 0 Å². The number of ether oxygens (including phenoxy) is 2. The van der Waals surface area contributed by atoms with Crippen molar-refractivity contribution in [3.63, 3.8) is 0 Å². The fraction of sp³-hybridized carbons (Fsp3) is 0.529. The molecule has 134 valence electrons. The molecule has 0 aromatic heterocycles. The normalized spacial score (nSPS) is 12.5. The third kappa shape index (κ3) is 7.48. The Labute approximate surface area is 138 Å². The second kappa shape index (κ2) is 9.95. The van der Waals surface area contributed by atoms with Crippen molar-refractivity contribution in [1.29, 1.82) is 0 Å². The molecule has 0 heterocycles. The Bertz CT molecular complexity index is 514. The molecule has 1 atom stereocenters. The molecule has 7 heteroatoms. The SMILES string of the molecule is CCCCOC(=O)CCCC(=O)OC(c1ccccc1)C(F)(F)F. The summed E-state index contributed by atoms with van der Waals surface area (Å²) < 4.78 is 48.6. The lowest BCUT2D eigenvalue weighted by Crippen LogP contribution is -2.26. The molecule has 1 unspecified atom stereocenters. The van der Waals surface area contributed by atoms with Crippen molar-refractivity contribution in [2.75, 3.05) is 6.61 Å². The molecule has 1 aromatic rings. The molecule has 0 saturated carbocycles. The minimum Gasteiger partial charge on any atom is -0.466 e.